The minimum atomic E-state index is -0.196. The molecule has 4 rings (SSSR count). The van der Waals surface area contributed by atoms with Gasteiger partial charge in [-0.05, 0) is 37.9 Å². The lowest BCUT2D eigenvalue weighted by atomic mass is 10.0. The first-order valence-corrected chi connectivity index (χ1v) is 9.22. The smallest absolute Gasteiger partial charge is 0.247 e. The third-order valence-corrected chi connectivity index (χ3v) is 5.49. The van der Waals surface area contributed by atoms with Gasteiger partial charge >= 0.3 is 0 Å². The Bertz CT molecular complexity index is 605. The van der Waals surface area contributed by atoms with Crippen LogP contribution in [0.3, 0.4) is 0 Å². The lowest BCUT2D eigenvalue weighted by Crippen LogP contribution is -2.57. The summed E-state index contributed by atoms with van der Waals surface area (Å²) >= 11 is 5.61. The Balaban J connectivity index is 1.66. The van der Waals surface area contributed by atoms with Crippen molar-refractivity contribution in [3.63, 3.8) is 0 Å². The van der Waals surface area contributed by atoms with Gasteiger partial charge in [0.15, 0.2) is 0 Å². The van der Waals surface area contributed by atoms with Crippen LogP contribution >= 0.6 is 12.2 Å². The highest BCUT2D eigenvalue weighted by Crippen LogP contribution is 2.31. The largest absolute Gasteiger partial charge is 0.378 e. The van der Waals surface area contributed by atoms with Crippen LogP contribution in [0.2, 0.25) is 0 Å². The molecule has 9 heteroatoms. The molecule has 24 heavy (non-hydrogen) atoms. The summed E-state index contributed by atoms with van der Waals surface area (Å²) < 4.78 is 7.16. The van der Waals surface area contributed by atoms with Gasteiger partial charge in [0, 0.05) is 20.1 Å². The van der Waals surface area contributed by atoms with E-state index in [1.165, 1.54) is 25.7 Å². The normalized spacial score (nSPS) is 24.3. The molecule has 0 radical (unpaired) electrons. The van der Waals surface area contributed by atoms with Crippen molar-refractivity contribution in [2.24, 2.45) is 0 Å². The fraction of sp³-hybridized carbons (Fsp3) is 0.800. The topological polar surface area (TPSA) is 70.5 Å². The minimum Gasteiger partial charge on any atom is -0.378 e. The lowest BCUT2D eigenvalue weighted by Gasteiger charge is -2.36. The maximum absolute atomic E-state index is 5.61. The van der Waals surface area contributed by atoms with Gasteiger partial charge in [-0.15, -0.1) is 5.10 Å². The first-order chi connectivity index (χ1) is 11.7. The van der Waals surface area contributed by atoms with Crippen LogP contribution in [0, 0.1) is 0 Å². The molecule has 132 valence electrons. The molecule has 1 aromatic heterocycles. The number of fused-ring (bicyclic) bond motifs is 1. The molecule has 0 aromatic carbocycles. The lowest BCUT2D eigenvalue weighted by molar-refractivity contribution is 0.122. The van der Waals surface area contributed by atoms with Gasteiger partial charge in [-0.3, -0.25) is 5.01 Å². The Labute approximate surface area is 147 Å². The Morgan fingerprint density at radius 3 is 2.54 bits per heavy atom. The number of aromatic nitrogens is 3. The van der Waals surface area contributed by atoms with Crippen molar-refractivity contribution in [2.75, 3.05) is 43.6 Å². The molecule has 8 nitrogen and oxygen atoms in total. The SMILES string of the molecule is CN1NC2(CCCCCC2)Nc2nc(N3CCOCC3)nn2C1=S. The highest BCUT2D eigenvalue weighted by molar-refractivity contribution is 7.80. The van der Waals surface area contributed by atoms with E-state index in [4.69, 9.17) is 21.9 Å². The van der Waals surface area contributed by atoms with Crippen LogP contribution < -0.4 is 15.6 Å². The van der Waals surface area contributed by atoms with Gasteiger partial charge in [0.1, 0.15) is 5.66 Å². The second-order valence-electron chi connectivity index (χ2n) is 6.82. The Hall–Kier alpha value is -1.45. The Kier molecular flexibility index (Phi) is 4.31. The van der Waals surface area contributed by atoms with Gasteiger partial charge in [0.2, 0.25) is 17.0 Å². The Morgan fingerprint density at radius 1 is 1.12 bits per heavy atom. The molecule has 2 aliphatic heterocycles. The van der Waals surface area contributed by atoms with Gasteiger partial charge in [-0.2, -0.15) is 9.67 Å². The predicted octanol–water partition coefficient (Wildman–Crippen LogP) is 1.16. The number of nitrogens with zero attached hydrogens (tertiary/aromatic N) is 5. The highest BCUT2D eigenvalue weighted by atomic mass is 32.1. The van der Waals surface area contributed by atoms with Crippen LogP contribution in [0.1, 0.15) is 38.5 Å². The van der Waals surface area contributed by atoms with Gasteiger partial charge in [0.25, 0.3) is 0 Å². The second-order valence-corrected chi connectivity index (χ2v) is 7.19. The molecule has 0 bridgehead atoms. The van der Waals surface area contributed by atoms with Crippen LogP contribution in [0.25, 0.3) is 0 Å². The minimum absolute atomic E-state index is 0.196. The molecule has 0 amide bonds. The number of anilines is 2. The summed E-state index contributed by atoms with van der Waals surface area (Å²) in [5, 5.41) is 10.8. The molecule has 1 spiro atoms. The average molecular weight is 351 g/mol. The van der Waals surface area contributed by atoms with Crippen molar-refractivity contribution in [3.05, 3.63) is 0 Å². The molecule has 1 saturated carbocycles. The summed E-state index contributed by atoms with van der Waals surface area (Å²) in [5.41, 5.74) is 3.37. The van der Waals surface area contributed by atoms with Crippen LogP contribution in [0.15, 0.2) is 0 Å². The quantitative estimate of drug-likeness (QED) is 0.731. The molecule has 3 heterocycles. The van der Waals surface area contributed by atoms with Crippen molar-refractivity contribution in [1.82, 2.24) is 25.2 Å². The summed E-state index contributed by atoms with van der Waals surface area (Å²) in [6.45, 7) is 3.06. The van der Waals surface area contributed by atoms with E-state index in [1.807, 2.05) is 12.1 Å². The van der Waals surface area contributed by atoms with E-state index in [0.29, 0.717) is 18.3 Å². The van der Waals surface area contributed by atoms with Crippen molar-refractivity contribution in [3.8, 4) is 0 Å². The zero-order valence-corrected chi connectivity index (χ0v) is 14.9. The molecule has 3 aliphatic rings. The molecule has 0 atom stereocenters. The number of ether oxygens (including phenoxy) is 1. The van der Waals surface area contributed by atoms with E-state index in [-0.39, 0.29) is 5.66 Å². The van der Waals surface area contributed by atoms with Crippen molar-refractivity contribution < 1.29 is 4.74 Å². The monoisotopic (exact) mass is 351 g/mol. The third-order valence-electron chi connectivity index (χ3n) is 5.05. The van der Waals surface area contributed by atoms with Gasteiger partial charge < -0.3 is 15.0 Å². The number of morpholine rings is 1. The molecule has 1 saturated heterocycles. The number of hydrogen-bond acceptors (Lipinski definition) is 7. The van der Waals surface area contributed by atoms with Crippen molar-refractivity contribution >= 4 is 29.2 Å². The predicted molar refractivity (Wildman–Crippen MR) is 96.0 cm³/mol. The maximum atomic E-state index is 5.61. The summed E-state index contributed by atoms with van der Waals surface area (Å²) in [5.74, 6) is 1.46. The van der Waals surface area contributed by atoms with E-state index in [1.54, 1.807) is 4.68 Å². The molecule has 1 aliphatic carbocycles. The second kappa shape index (κ2) is 6.45. The summed E-state index contributed by atoms with van der Waals surface area (Å²) in [6.07, 6.45) is 7.07. The molecular weight excluding hydrogens is 326 g/mol. The fourth-order valence-corrected chi connectivity index (χ4v) is 3.91. The fourth-order valence-electron chi connectivity index (χ4n) is 3.73. The van der Waals surface area contributed by atoms with Crippen molar-refractivity contribution in [1.29, 1.82) is 0 Å². The first-order valence-electron chi connectivity index (χ1n) is 8.81. The number of rotatable bonds is 1. The van der Waals surface area contributed by atoms with Gasteiger partial charge in [-0.1, -0.05) is 12.8 Å². The van der Waals surface area contributed by atoms with Crippen LogP contribution in [0.5, 0.6) is 0 Å². The van der Waals surface area contributed by atoms with Crippen LogP contribution in [-0.4, -0.2) is 63.9 Å². The number of hydrogen-bond donors (Lipinski definition) is 2. The standard InChI is InChI=1S/C15H25N7OS/c1-20-14(24)22-12(16-13(18-22)21-8-10-23-11-9-21)17-15(19-20)6-4-2-3-5-7-15/h19H,2-11H2,1H3,(H,16,17,18). The van der Waals surface area contributed by atoms with Gasteiger partial charge in [0.05, 0.1) is 13.2 Å². The van der Waals surface area contributed by atoms with E-state index in [0.717, 1.165) is 37.8 Å². The number of hydrazine groups is 1. The average Bonchev–Trinajstić information content (AvgIpc) is 2.82. The molecule has 1 aromatic rings. The summed E-state index contributed by atoms with van der Waals surface area (Å²) in [6, 6.07) is 0. The van der Waals surface area contributed by atoms with Gasteiger partial charge in [-0.25, -0.2) is 5.43 Å². The summed E-state index contributed by atoms with van der Waals surface area (Å²) in [7, 11) is 1.96. The zero-order valence-electron chi connectivity index (χ0n) is 14.1. The zero-order chi connectivity index (χ0) is 16.6. The van der Waals surface area contributed by atoms with E-state index < -0.39 is 0 Å². The van der Waals surface area contributed by atoms with Crippen LogP contribution in [0.4, 0.5) is 11.9 Å². The maximum Gasteiger partial charge on any atom is 0.247 e. The molecular formula is C15H25N7OS. The van der Waals surface area contributed by atoms with E-state index in [9.17, 15) is 0 Å². The number of nitrogens with one attached hydrogen (secondary N) is 2. The summed E-state index contributed by atoms with van der Waals surface area (Å²) in [4.78, 5) is 6.91. The highest BCUT2D eigenvalue weighted by Gasteiger charge is 2.38. The van der Waals surface area contributed by atoms with E-state index in [2.05, 4.69) is 20.7 Å². The molecule has 2 N–H and O–H groups in total. The molecule has 2 fully saturated rings. The van der Waals surface area contributed by atoms with E-state index >= 15 is 0 Å². The number of thiocarbonyl (C=S) groups is 1. The molecule has 0 unspecified atom stereocenters. The van der Waals surface area contributed by atoms with Crippen LogP contribution in [-0.2, 0) is 4.74 Å². The Morgan fingerprint density at radius 2 is 1.83 bits per heavy atom. The third kappa shape index (κ3) is 2.96. The van der Waals surface area contributed by atoms with Crippen molar-refractivity contribution in [2.45, 2.75) is 44.2 Å². The first kappa shape index (κ1) is 16.0.